The van der Waals surface area contributed by atoms with Crippen molar-refractivity contribution >= 4 is 5.97 Å². The maximum Gasteiger partial charge on any atom is 0.376 e. The van der Waals surface area contributed by atoms with Gasteiger partial charge in [-0.15, -0.1) is 0 Å². The maximum atomic E-state index is 13.0. The molecule has 0 aliphatic rings. The van der Waals surface area contributed by atoms with E-state index in [0.29, 0.717) is 6.42 Å². The van der Waals surface area contributed by atoms with Crippen molar-refractivity contribution in [1.82, 2.24) is 0 Å². The molecule has 0 aromatic rings. The van der Waals surface area contributed by atoms with E-state index in [1.165, 1.54) is 6.92 Å². The van der Waals surface area contributed by atoms with E-state index in [1.54, 1.807) is 0 Å². The van der Waals surface area contributed by atoms with Crippen LogP contribution in [0, 0.1) is 0 Å². The number of ether oxygens (including phenoxy) is 1. The van der Waals surface area contributed by atoms with Crippen molar-refractivity contribution in [3.05, 3.63) is 0 Å². The fourth-order valence-corrected chi connectivity index (χ4v) is 1.29. The van der Waals surface area contributed by atoms with Gasteiger partial charge in [-0.05, 0) is 13.3 Å². The van der Waals surface area contributed by atoms with Gasteiger partial charge < -0.3 is 4.74 Å². The number of esters is 1. The Bertz CT molecular complexity index is 181. The Hall–Kier alpha value is -0.670. The average Bonchev–Trinajstić information content (AvgIpc) is 2.18. The van der Waals surface area contributed by atoms with Gasteiger partial charge in [-0.25, -0.2) is 4.79 Å². The molecule has 4 heteroatoms. The molecular formula is C11H20F2O2. The Labute approximate surface area is 90.0 Å². The number of rotatable bonds is 8. The van der Waals surface area contributed by atoms with E-state index in [-0.39, 0.29) is 6.61 Å². The Balaban J connectivity index is 3.68. The second-order valence-electron chi connectivity index (χ2n) is 3.59. The molecule has 0 saturated heterocycles. The summed E-state index contributed by atoms with van der Waals surface area (Å²) in [6.07, 6.45) is 3.83. The number of carbonyl (C=O) groups excluding carboxylic acids is 1. The van der Waals surface area contributed by atoms with Crippen molar-refractivity contribution in [2.45, 2.75) is 58.3 Å². The van der Waals surface area contributed by atoms with Crippen molar-refractivity contribution in [3.8, 4) is 0 Å². The van der Waals surface area contributed by atoms with E-state index in [1.807, 2.05) is 0 Å². The van der Waals surface area contributed by atoms with E-state index < -0.39 is 18.3 Å². The second-order valence-corrected chi connectivity index (χ2v) is 3.59. The molecule has 0 heterocycles. The predicted octanol–water partition coefficient (Wildman–Crippen LogP) is 3.55. The van der Waals surface area contributed by atoms with E-state index in [2.05, 4.69) is 11.7 Å². The Morgan fingerprint density at radius 3 is 2.27 bits per heavy atom. The molecule has 0 aromatic carbocycles. The molecule has 0 aliphatic carbocycles. The molecule has 0 saturated carbocycles. The van der Waals surface area contributed by atoms with E-state index in [4.69, 9.17) is 0 Å². The van der Waals surface area contributed by atoms with Gasteiger partial charge in [0.15, 0.2) is 0 Å². The Morgan fingerprint density at radius 1 is 1.13 bits per heavy atom. The zero-order chi connectivity index (χ0) is 11.7. The highest BCUT2D eigenvalue weighted by Gasteiger charge is 2.39. The van der Waals surface area contributed by atoms with Gasteiger partial charge in [-0.2, -0.15) is 8.78 Å². The topological polar surface area (TPSA) is 26.3 Å². The van der Waals surface area contributed by atoms with Crippen LogP contribution in [0.25, 0.3) is 0 Å². The third-order valence-corrected chi connectivity index (χ3v) is 2.17. The molecule has 0 aliphatic heterocycles. The molecular weight excluding hydrogens is 202 g/mol. The number of alkyl halides is 2. The molecule has 15 heavy (non-hydrogen) atoms. The van der Waals surface area contributed by atoms with Gasteiger partial charge >= 0.3 is 11.9 Å². The molecule has 0 unspecified atom stereocenters. The normalized spacial score (nSPS) is 11.5. The number of hydrogen-bond donors (Lipinski definition) is 0. The van der Waals surface area contributed by atoms with Crippen molar-refractivity contribution in [2.24, 2.45) is 0 Å². The largest absolute Gasteiger partial charge is 0.462 e. The van der Waals surface area contributed by atoms with Crippen LogP contribution in [0.15, 0.2) is 0 Å². The summed E-state index contributed by atoms with van der Waals surface area (Å²) in [5, 5.41) is 0. The van der Waals surface area contributed by atoms with Crippen LogP contribution in [0.1, 0.15) is 52.4 Å². The molecule has 0 N–H and O–H groups in total. The lowest BCUT2D eigenvalue weighted by molar-refractivity contribution is -0.172. The maximum absolute atomic E-state index is 13.0. The first-order valence-electron chi connectivity index (χ1n) is 5.59. The fraction of sp³-hybridized carbons (Fsp3) is 0.909. The third-order valence-electron chi connectivity index (χ3n) is 2.17. The number of carbonyl (C=O) groups is 1. The first kappa shape index (κ1) is 14.3. The smallest absolute Gasteiger partial charge is 0.376 e. The van der Waals surface area contributed by atoms with Gasteiger partial charge in [0.1, 0.15) is 0 Å². The zero-order valence-electron chi connectivity index (χ0n) is 9.52. The van der Waals surface area contributed by atoms with E-state index in [0.717, 1.165) is 25.7 Å². The third kappa shape index (κ3) is 6.42. The number of unbranched alkanes of at least 4 members (excludes halogenated alkanes) is 4. The fourth-order valence-electron chi connectivity index (χ4n) is 1.29. The van der Waals surface area contributed by atoms with Crippen molar-refractivity contribution in [1.29, 1.82) is 0 Å². The van der Waals surface area contributed by atoms with Crippen LogP contribution in [0.4, 0.5) is 8.78 Å². The molecule has 0 radical (unpaired) electrons. The van der Waals surface area contributed by atoms with Crippen LogP contribution in [0.3, 0.4) is 0 Å². The van der Waals surface area contributed by atoms with Crippen LogP contribution in [-0.2, 0) is 9.53 Å². The predicted molar refractivity (Wildman–Crippen MR) is 55.0 cm³/mol. The summed E-state index contributed by atoms with van der Waals surface area (Å²) in [6.45, 7) is 3.59. The minimum Gasteiger partial charge on any atom is -0.462 e. The highest BCUT2D eigenvalue weighted by molar-refractivity contribution is 5.77. The summed E-state index contributed by atoms with van der Waals surface area (Å²) in [6, 6.07) is 0. The first-order valence-corrected chi connectivity index (χ1v) is 5.59. The average molecular weight is 222 g/mol. The zero-order valence-corrected chi connectivity index (χ0v) is 9.52. The second kappa shape index (κ2) is 7.60. The molecule has 0 atom stereocenters. The standard InChI is InChI=1S/C11H20F2O2/c1-3-5-6-7-8-9-11(12,13)10(14)15-4-2/h3-9H2,1-2H3. The molecule has 0 amide bonds. The van der Waals surface area contributed by atoms with Gasteiger partial charge in [-0.1, -0.05) is 32.6 Å². The summed E-state index contributed by atoms with van der Waals surface area (Å²) in [7, 11) is 0. The van der Waals surface area contributed by atoms with Crippen LogP contribution in [0.5, 0.6) is 0 Å². The van der Waals surface area contributed by atoms with Crippen LogP contribution in [0.2, 0.25) is 0 Å². The quantitative estimate of drug-likeness (QED) is 0.463. The first-order chi connectivity index (χ1) is 7.04. The highest BCUT2D eigenvalue weighted by atomic mass is 19.3. The van der Waals surface area contributed by atoms with Crippen molar-refractivity contribution in [2.75, 3.05) is 6.61 Å². The van der Waals surface area contributed by atoms with Crippen molar-refractivity contribution in [3.63, 3.8) is 0 Å². The molecule has 2 nitrogen and oxygen atoms in total. The van der Waals surface area contributed by atoms with Crippen LogP contribution >= 0.6 is 0 Å². The van der Waals surface area contributed by atoms with Crippen LogP contribution in [-0.4, -0.2) is 18.5 Å². The van der Waals surface area contributed by atoms with Crippen LogP contribution < -0.4 is 0 Å². The van der Waals surface area contributed by atoms with E-state index in [9.17, 15) is 13.6 Å². The minimum absolute atomic E-state index is 0.00422. The number of halogens is 2. The molecule has 0 fully saturated rings. The summed E-state index contributed by atoms with van der Waals surface area (Å²) in [4.78, 5) is 10.8. The Kier molecular flexibility index (Phi) is 7.26. The molecule has 0 aromatic heterocycles. The van der Waals surface area contributed by atoms with Gasteiger partial charge in [0.25, 0.3) is 0 Å². The lowest BCUT2D eigenvalue weighted by Gasteiger charge is -2.13. The number of hydrogen-bond acceptors (Lipinski definition) is 2. The Morgan fingerprint density at radius 2 is 1.73 bits per heavy atom. The molecule has 90 valence electrons. The molecule has 0 bridgehead atoms. The van der Waals surface area contributed by atoms with E-state index >= 15 is 0 Å². The van der Waals surface area contributed by atoms with Gasteiger partial charge in [-0.3, -0.25) is 0 Å². The summed E-state index contributed by atoms with van der Waals surface area (Å²) in [5.74, 6) is -4.69. The summed E-state index contributed by atoms with van der Waals surface area (Å²) < 4.78 is 30.4. The molecule has 0 rings (SSSR count). The summed E-state index contributed by atoms with van der Waals surface area (Å²) >= 11 is 0. The van der Waals surface area contributed by atoms with Gasteiger partial charge in [0, 0.05) is 6.42 Å². The lowest BCUT2D eigenvalue weighted by Crippen LogP contribution is -2.30. The summed E-state index contributed by atoms with van der Waals surface area (Å²) in [5.41, 5.74) is 0. The minimum atomic E-state index is -3.30. The lowest BCUT2D eigenvalue weighted by atomic mass is 10.1. The van der Waals surface area contributed by atoms with Crippen molar-refractivity contribution < 1.29 is 18.3 Å². The monoisotopic (exact) mass is 222 g/mol. The molecule has 0 spiro atoms. The SMILES string of the molecule is CCCCCCCC(F)(F)C(=O)OCC. The van der Waals surface area contributed by atoms with Gasteiger partial charge in [0.2, 0.25) is 0 Å². The van der Waals surface area contributed by atoms with Gasteiger partial charge in [0.05, 0.1) is 6.61 Å². The highest BCUT2D eigenvalue weighted by Crippen LogP contribution is 2.23.